The predicted molar refractivity (Wildman–Crippen MR) is 82.3 cm³/mol. The molecule has 3 rings (SSSR count). The molecule has 1 aromatic carbocycles. The van der Waals surface area contributed by atoms with Crippen LogP contribution in [0.25, 0.3) is 10.2 Å². The van der Waals surface area contributed by atoms with Crippen LogP contribution in [0.15, 0.2) is 23.1 Å². The molecule has 8 heteroatoms. The number of aromatic nitrogens is 1. The number of rotatable bonds is 3. The van der Waals surface area contributed by atoms with Crippen molar-refractivity contribution in [2.24, 2.45) is 5.73 Å². The van der Waals surface area contributed by atoms with E-state index in [9.17, 15) is 13.2 Å². The van der Waals surface area contributed by atoms with Crippen LogP contribution in [0, 0.1) is 0 Å². The minimum Gasteiger partial charge on any atom is -0.368 e. The highest BCUT2D eigenvalue weighted by atomic mass is 32.2. The molecule has 1 amide bonds. The zero-order valence-corrected chi connectivity index (χ0v) is 13.1. The highest BCUT2D eigenvalue weighted by Crippen LogP contribution is 2.35. The van der Waals surface area contributed by atoms with E-state index in [4.69, 9.17) is 5.73 Å². The fraction of sp³-hybridized carbons (Fsp3) is 0.385. The van der Waals surface area contributed by atoms with Crippen LogP contribution in [0.3, 0.4) is 0 Å². The third-order valence-electron chi connectivity index (χ3n) is 3.60. The van der Waals surface area contributed by atoms with Gasteiger partial charge in [0.2, 0.25) is 5.91 Å². The summed E-state index contributed by atoms with van der Waals surface area (Å²) < 4.78 is 24.4. The number of para-hydroxylation sites is 1. The lowest BCUT2D eigenvalue weighted by atomic mass is 10.2. The van der Waals surface area contributed by atoms with Crippen molar-refractivity contribution < 1.29 is 13.2 Å². The summed E-state index contributed by atoms with van der Waals surface area (Å²) in [5.41, 5.74) is 5.89. The van der Waals surface area contributed by atoms with Crippen molar-refractivity contribution in [2.75, 3.05) is 17.7 Å². The van der Waals surface area contributed by atoms with E-state index >= 15 is 0 Å². The van der Waals surface area contributed by atoms with Gasteiger partial charge in [0.15, 0.2) is 15.0 Å². The number of sulfone groups is 1. The number of benzene rings is 1. The van der Waals surface area contributed by atoms with Gasteiger partial charge in [-0.2, -0.15) is 0 Å². The van der Waals surface area contributed by atoms with Gasteiger partial charge in [0.25, 0.3) is 0 Å². The SMILES string of the molecule is CS(=O)(=O)c1cccc2sc(N3CCCC3C(N)=O)nc12. The molecule has 2 N–H and O–H groups in total. The summed E-state index contributed by atoms with van der Waals surface area (Å²) in [4.78, 5) is 18.0. The summed E-state index contributed by atoms with van der Waals surface area (Å²) in [5, 5.41) is 0.655. The van der Waals surface area contributed by atoms with E-state index in [1.807, 2.05) is 11.0 Å². The first-order chi connectivity index (χ1) is 9.88. The number of hydrogen-bond acceptors (Lipinski definition) is 6. The number of hydrogen-bond donors (Lipinski definition) is 1. The molecule has 0 radical (unpaired) electrons. The molecular weight excluding hydrogens is 310 g/mol. The summed E-state index contributed by atoms with van der Waals surface area (Å²) in [6, 6.07) is 4.74. The lowest BCUT2D eigenvalue weighted by molar-refractivity contribution is -0.119. The lowest BCUT2D eigenvalue weighted by Gasteiger charge is -2.20. The van der Waals surface area contributed by atoms with Gasteiger partial charge in [-0.3, -0.25) is 4.79 Å². The van der Waals surface area contributed by atoms with Crippen molar-refractivity contribution in [3.05, 3.63) is 18.2 Å². The molecule has 1 aliphatic rings. The van der Waals surface area contributed by atoms with E-state index in [0.717, 1.165) is 11.1 Å². The highest BCUT2D eigenvalue weighted by molar-refractivity contribution is 7.91. The fourth-order valence-corrected chi connectivity index (χ4v) is 4.59. The first-order valence-corrected chi connectivity index (χ1v) is 9.24. The Labute approximate surface area is 126 Å². The topological polar surface area (TPSA) is 93.4 Å². The van der Waals surface area contributed by atoms with Gasteiger partial charge in [0.05, 0.1) is 9.60 Å². The Hall–Kier alpha value is -1.67. The highest BCUT2D eigenvalue weighted by Gasteiger charge is 2.31. The number of primary amides is 1. The second-order valence-corrected chi connectivity index (χ2v) is 8.12. The summed E-state index contributed by atoms with van der Waals surface area (Å²) in [6.45, 7) is 0.710. The van der Waals surface area contributed by atoms with Crippen molar-refractivity contribution in [2.45, 2.75) is 23.8 Å². The maximum Gasteiger partial charge on any atom is 0.240 e. The van der Waals surface area contributed by atoms with Gasteiger partial charge in [0, 0.05) is 12.8 Å². The molecule has 2 heterocycles. The average molecular weight is 325 g/mol. The number of fused-ring (bicyclic) bond motifs is 1. The largest absolute Gasteiger partial charge is 0.368 e. The first kappa shape index (κ1) is 14.3. The Morgan fingerprint density at radius 2 is 2.24 bits per heavy atom. The molecular formula is C13H15N3O3S2. The zero-order chi connectivity index (χ0) is 15.2. The molecule has 6 nitrogen and oxygen atoms in total. The maximum atomic E-state index is 11.8. The second kappa shape index (κ2) is 4.96. The van der Waals surface area contributed by atoms with Crippen molar-refractivity contribution in [1.82, 2.24) is 4.98 Å². The van der Waals surface area contributed by atoms with Gasteiger partial charge < -0.3 is 10.6 Å². The molecule has 1 atom stereocenters. The van der Waals surface area contributed by atoms with Crippen LogP contribution in [0.1, 0.15) is 12.8 Å². The van der Waals surface area contributed by atoms with Crippen molar-refractivity contribution >= 4 is 42.4 Å². The van der Waals surface area contributed by atoms with Crippen LogP contribution >= 0.6 is 11.3 Å². The molecule has 21 heavy (non-hydrogen) atoms. The third kappa shape index (κ3) is 2.49. The Kier molecular flexibility index (Phi) is 3.37. The number of carbonyl (C=O) groups excluding carboxylic acids is 1. The van der Waals surface area contributed by atoms with Gasteiger partial charge in [-0.15, -0.1) is 0 Å². The summed E-state index contributed by atoms with van der Waals surface area (Å²) >= 11 is 1.39. The minimum absolute atomic E-state index is 0.220. The Morgan fingerprint density at radius 1 is 1.48 bits per heavy atom. The number of nitrogens with two attached hydrogens (primary N) is 1. The van der Waals surface area contributed by atoms with Crippen molar-refractivity contribution in [3.63, 3.8) is 0 Å². The van der Waals surface area contributed by atoms with Crippen molar-refractivity contribution in [3.8, 4) is 0 Å². The fourth-order valence-electron chi connectivity index (χ4n) is 2.63. The molecule has 1 saturated heterocycles. The molecule has 0 saturated carbocycles. The van der Waals surface area contributed by atoms with Crippen LogP contribution in [-0.4, -0.2) is 38.2 Å². The van der Waals surface area contributed by atoms with Crippen LogP contribution in [0.2, 0.25) is 0 Å². The quantitative estimate of drug-likeness (QED) is 0.914. The van der Waals surface area contributed by atoms with E-state index in [1.165, 1.54) is 17.6 Å². The number of amides is 1. The maximum absolute atomic E-state index is 11.8. The number of anilines is 1. The molecule has 2 aromatic rings. The Morgan fingerprint density at radius 3 is 2.90 bits per heavy atom. The molecule has 0 bridgehead atoms. The van der Waals surface area contributed by atoms with E-state index in [-0.39, 0.29) is 16.8 Å². The third-order valence-corrected chi connectivity index (χ3v) is 5.78. The normalized spacial score (nSPS) is 19.3. The number of carbonyl (C=O) groups is 1. The van der Waals surface area contributed by atoms with Crippen LogP contribution in [0.4, 0.5) is 5.13 Å². The van der Waals surface area contributed by atoms with Gasteiger partial charge in [-0.25, -0.2) is 13.4 Å². The zero-order valence-electron chi connectivity index (χ0n) is 11.4. The van der Waals surface area contributed by atoms with Gasteiger partial charge in [-0.1, -0.05) is 17.4 Å². The second-order valence-electron chi connectivity index (χ2n) is 5.13. The van der Waals surface area contributed by atoms with Gasteiger partial charge in [-0.05, 0) is 25.0 Å². The van der Waals surface area contributed by atoms with Gasteiger partial charge in [0.1, 0.15) is 11.6 Å². The molecule has 0 aliphatic carbocycles. The molecule has 112 valence electrons. The van der Waals surface area contributed by atoms with Crippen molar-refractivity contribution in [1.29, 1.82) is 0 Å². The lowest BCUT2D eigenvalue weighted by Crippen LogP contribution is -2.40. The van der Waals surface area contributed by atoms with E-state index in [0.29, 0.717) is 23.6 Å². The minimum atomic E-state index is -3.34. The summed E-state index contributed by atoms with van der Waals surface area (Å²) in [6.07, 6.45) is 2.76. The predicted octanol–water partition coefficient (Wildman–Crippen LogP) is 1.15. The molecule has 1 aromatic heterocycles. The number of thiazole rings is 1. The first-order valence-electron chi connectivity index (χ1n) is 6.53. The Balaban J connectivity index is 2.12. The molecule has 1 aliphatic heterocycles. The van der Waals surface area contributed by atoms with E-state index in [1.54, 1.807) is 12.1 Å². The molecule has 1 unspecified atom stereocenters. The van der Waals surface area contributed by atoms with E-state index in [2.05, 4.69) is 4.98 Å². The molecule has 1 fully saturated rings. The summed E-state index contributed by atoms with van der Waals surface area (Å²) in [7, 11) is -3.34. The smallest absolute Gasteiger partial charge is 0.240 e. The monoisotopic (exact) mass is 325 g/mol. The molecule has 0 spiro atoms. The van der Waals surface area contributed by atoms with Crippen LogP contribution in [-0.2, 0) is 14.6 Å². The Bertz CT molecular complexity index is 813. The van der Waals surface area contributed by atoms with E-state index < -0.39 is 9.84 Å². The van der Waals surface area contributed by atoms with Crippen LogP contribution in [0.5, 0.6) is 0 Å². The number of nitrogens with zero attached hydrogens (tertiary/aromatic N) is 2. The standard InChI is InChI=1S/C13H15N3O3S2/c1-21(18,19)10-6-2-5-9-11(10)15-13(20-9)16-7-3-4-8(16)12(14)17/h2,5-6,8H,3-4,7H2,1H3,(H2,14,17). The van der Waals surface area contributed by atoms with Crippen LogP contribution < -0.4 is 10.6 Å². The summed E-state index contributed by atoms with van der Waals surface area (Å²) in [5.74, 6) is -0.366. The average Bonchev–Trinajstić information content (AvgIpc) is 3.02. The van der Waals surface area contributed by atoms with Gasteiger partial charge >= 0.3 is 0 Å².